The average Bonchev–Trinajstić information content (AvgIpc) is 2.42. The Labute approximate surface area is 139 Å². The fourth-order valence-electron chi connectivity index (χ4n) is 1.55. The van der Waals surface area contributed by atoms with E-state index >= 15 is 0 Å². The lowest BCUT2D eigenvalue weighted by Gasteiger charge is -2.12. The zero-order valence-electron chi connectivity index (χ0n) is 10.5. The van der Waals surface area contributed by atoms with E-state index in [1.165, 1.54) is 0 Å². The fraction of sp³-hybridized carbons (Fsp3) is 0.0769. The Balaban J connectivity index is 2.27. The van der Waals surface area contributed by atoms with Crippen molar-refractivity contribution in [2.24, 2.45) is 5.73 Å². The molecule has 0 saturated carbocycles. The molecule has 20 heavy (non-hydrogen) atoms. The number of aromatic nitrogens is 1. The lowest BCUT2D eigenvalue weighted by molar-refractivity contribution is 0.412. The van der Waals surface area contributed by atoms with Gasteiger partial charge < -0.3 is 15.8 Å². The Morgan fingerprint density at radius 3 is 2.60 bits per heavy atom. The number of hydrogen-bond acceptors (Lipinski definition) is 4. The molecule has 0 radical (unpaired) electrons. The summed E-state index contributed by atoms with van der Waals surface area (Å²) in [6.07, 6.45) is 1.68. The van der Waals surface area contributed by atoms with Crippen LogP contribution < -0.4 is 15.8 Å². The number of anilines is 2. The van der Waals surface area contributed by atoms with Gasteiger partial charge in [-0.15, -0.1) is 0 Å². The molecule has 1 aromatic carbocycles. The minimum Gasteiger partial charge on any atom is -0.495 e. The molecule has 7 heteroatoms. The van der Waals surface area contributed by atoms with Crippen LogP contribution in [0, 0.1) is 0 Å². The molecular formula is C13H11Br2N3OS. The number of ether oxygens (including phenoxy) is 1. The molecule has 0 fully saturated rings. The van der Waals surface area contributed by atoms with Crippen LogP contribution in [-0.2, 0) is 0 Å². The number of methoxy groups -OCH3 is 1. The normalized spacial score (nSPS) is 10.2. The summed E-state index contributed by atoms with van der Waals surface area (Å²) < 4.78 is 7.05. The summed E-state index contributed by atoms with van der Waals surface area (Å²) in [5.41, 5.74) is 7.81. The van der Waals surface area contributed by atoms with E-state index in [1.807, 2.05) is 18.2 Å². The number of nitrogens with one attached hydrogen (secondary N) is 1. The Hall–Kier alpha value is -1.18. The molecule has 0 aliphatic rings. The molecule has 1 heterocycles. The van der Waals surface area contributed by atoms with Gasteiger partial charge in [-0.3, -0.25) is 4.98 Å². The number of nitrogens with two attached hydrogens (primary N) is 1. The predicted molar refractivity (Wildman–Crippen MR) is 91.8 cm³/mol. The van der Waals surface area contributed by atoms with Crippen LogP contribution in [0.15, 0.2) is 39.4 Å². The van der Waals surface area contributed by atoms with E-state index in [0.29, 0.717) is 5.69 Å². The maximum absolute atomic E-state index is 5.51. The Bertz CT molecular complexity index is 647. The van der Waals surface area contributed by atoms with Crippen molar-refractivity contribution in [1.29, 1.82) is 0 Å². The highest BCUT2D eigenvalue weighted by atomic mass is 79.9. The Morgan fingerprint density at radius 1 is 1.30 bits per heavy atom. The number of thiocarbonyl (C=S) groups is 1. The molecule has 104 valence electrons. The number of halogens is 2. The predicted octanol–water partition coefficient (Wildman–Crippen LogP) is 3.99. The summed E-state index contributed by atoms with van der Waals surface area (Å²) in [4.78, 5) is 4.46. The van der Waals surface area contributed by atoms with E-state index < -0.39 is 0 Å². The van der Waals surface area contributed by atoms with Crippen molar-refractivity contribution in [3.63, 3.8) is 0 Å². The van der Waals surface area contributed by atoms with Crippen LogP contribution in [0.2, 0.25) is 0 Å². The van der Waals surface area contributed by atoms with Crippen LogP contribution in [0.1, 0.15) is 5.69 Å². The molecule has 3 N–H and O–H groups in total. The van der Waals surface area contributed by atoms with Crippen molar-refractivity contribution >= 4 is 60.4 Å². The number of pyridine rings is 1. The third-order valence-electron chi connectivity index (χ3n) is 2.54. The SMILES string of the molecule is COc1cc(Nc2ccc(C(N)=S)nc2)c(Br)cc1Br. The van der Waals surface area contributed by atoms with Gasteiger partial charge >= 0.3 is 0 Å². The second-order valence-corrected chi connectivity index (χ2v) is 6.04. The van der Waals surface area contributed by atoms with Crippen molar-refractivity contribution in [3.8, 4) is 5.75 Å². The molecule has 4 nitrogen and oxygen atoms in total. The maximum atomic E-state index is 5.51. The third-order valence-corrected chi connectivity index (χ3v) is 4.02. The first-order valence-corrected chi connectivity index (χ1v) is 7.56. The van der Waals surface area contributed by atoms with Gasteiger partial charge in [0.15, 0.2) is 0 Å². The molecule has 0 aliphatic heterocycles. The standard InChI is InChI=1S/C13H11Br2N3OS/c1-19-12-5-11(8(14)4-9(12)15)18-7-2-3-10(13(16)20)17-6-7/h2-6,18H,1H3,(H2,16,20). The maximum Gasteiger partial charge on any atom is 0.135 e. The molecule has 0 unspecified atom stereocenters. The van der Waals surface area contributed by atoms with Crippen molar-refractivity contribution in [3.05, 3.63) is 45.1 Å². The van der Waals surface area contributed by atoms with Gasteiger partial charge in [-0.2, -0.15) is 0 Å². The number of hydrogen-bond donors (Lipinski definition) is 2. The van der Waals surface area contributed by atoms with Gasteiger partial charge in [0.1, 0.15) is 10.7 Å². The van der Waals surface area contributed by atoms with E-state index in [4.69, 9.17) is 22.7 Å². The Morgan fingerprint density at radius 2 is 2.05 bits per heavy atom. The average molecular weight is 417 g/mol. The van der Waals surface area contributed by atoms with Gasteiger partial charge in [-0.1, -0.05) is 12.2 Å². The molecule has 1 aromatic heterocycles. The van der Waals surface area contributed by atoms with Crippen LogP contribution in [0.25, 0.3) is 0 Å². The molecule has 0 bridgehead atoms. The van der Waals surface area contributed by atoms with Crippen LogP contribution >= 0.6 is 44.1 Å². The molecule has 0 atom stereocenters. The van der Waals surface area contributed by atoms with Crippen LogP contribution in [0.4, 0.5) is 11.4 Å². The first-order chi connectivity index (χ1) is 9.51. The van der Waals surface area contributed by atoms with Crippen LogP contribution in [0.5, 0.6) is 5.75 Å². The summed E-state index contributed by atoms with van der Waals surface area (Å²) in [5.74, 6) is 0.739. The van der Waals surface area contributed by atoms with Crippen LogP contribution in [0.3, 0.4) is 0 Å². The minimum absolute atomic E-state index is 0.281. The van der Waals surface area contributed by atoms with Gasteiger partial charge in [0.05, 0.1) is 34.8 Å². The van der Waals surface area contributed by atoms with E-state index in [1.54, 1.807) is 19.4 Å². The molecular weight excluding hydrogens is 406 g/mol. The second kappa shape index (κ2) is 6.51. The van der Waals surface area contributed by atoms with Gasteiger partial charge in [0, 0.05) is 10.5 Å². The second-order valence-electron chi connectivity index (χ2n) is 3.89. The summed E-state index contributed by atoms with van der Waals surface area (Å²) >= 11 is 11.8. The smallest absolute Gasteiger partial charge is 0.135 e. The van der Waals surface area contributed by atoms with Gasteiger partial charge in [0.25, 0.3) is 0 Å². The molecule has 0 amide bonds. The van der Waals surface area contributed by atoms with Crippen molar-refractivity contribution in [1.82, 2.24) is 4.98 Å². The largest absolute Gasteiger partial charge is 0.495 e. The highest BCUT2D eigenvalue weighted by Gasteiger charge is 2.08. The molecule has 0 saturated heterocycles. The zero-order chi connectivity index (χ0) is 14.7. The third kappa shape index (κ3) is 3.47. The molecule has 2 rings (SSSR count). The molecule has 2 aromatic rings. The summed E-state index contributed by atoms with van der Waals surface area (Å²) in [7, 11) is 1.62. The van der Waals surface area contributed by atoms with Gasteiger partial charge in [-0.25, -0.2) is 0 Å². The van der Waals surface area contributed by atoms with Gasteiger partial charge in [0.2, 0.25) is 0 Å². The fourth-order valence-corrected chi connectivity index (χ4v) is 2.93. The van der Waals surface area contributed by atoms with Crippen molar-refractivity contribution in [2.45, 2.75) is 0 Å². The highest BCUT2D eigenvalue weighted by Crippen LogP contribution is 2.35. The quantitative estimate of drug-likeness (QED) is 0.737. The monoisotopic (exact) mass is 415 g/mol. The lowest BCUT2D eigenvalue weighted by atomic mass is 10.2. The first-order valence-electron chi connectivity index (χ1n) is 5.57. The zero-order valence-corrected chi connectivity index (χ0v) is 14.5. The van der Waals surface area contributed by atoms with Crippen molar-refractivity contribution in [2.75, 3.05) is 12.4 Å². The van der Waals surface area contributed by atoms with E-state index in [2.05, 4.69) is 42.2 Å². The molecule has 0 aliphatic carbocycles. The van der Waals surface area contributed by atoms with E-state index in [0.717, 1.165) is 26.1 Å². The van der Waals surface area contributed by atoms with E-state index in [9.17, 15) is 0 Å². The van der Waals surface area contributed by atoms with Crippen LogP contribution in [-0.4, -0.2) is 17.1 Å². The summed E-state index contributed by atoms with van der Waals surface area (Å²) in [6.45, 7) is 0. The van der Waals surface area contributed by atoms with Crippen molar-refractivity contribution < 1.29 is 4.74 Å². The highest BCUT2D eigenvalue weighted by molar-refractivity contribution is 9.11. The summed E-state index contributed by atoms with van der Waals surface area (Å²) in [5, 5.41) is 3.25. The number of benzene rings is 1. The summed E-state index contributed by atoms with van der Waals surface area (Å²) in [6, 6.07) is 7.44. The Kier molecular flexibility index (Phi) is 4.95. The minimum atomic E-state index is 0.281. The first kappa shape index (κ1) is 15.2. The number of nitrogens with zero attached hydrogens (tertiary/aromatic N) is 1. The molecule has 0 spiro atoms. The number of rotatable bonds is 4. The topological polar surface area (TPSA) is 60.2 Å². The van der Waals surface area contributed by atoms with Gasteiger partial charge in [-0.05, 0) is 50.1 Å². The lowest BCUT2D eigenvalue weighted by Crippen LogP contribution is -2.11. The van der Waals surface area contributed by atoms with E-state index in [-0.39, 0.29) is 4.99 Å².